The zero-order valence-corrected chi connectivity index (χ0v) is 14.1. The highest BCUT2D eigenvalue weighted by Gasteiger charge is 2.19. The highest BCUT2D eigenvalue weighted by molar-refractivity contribution is 7.11. The molecule has 1 aliphatic heterocycles. The lowest BCUT2D eigenvalue weighted by atomic mass is 9.93. The summed E-state index contributed by atoms with van der Waals surface area (Å²) < 4.78 is 0. The minimum atomic E-state index is 0.0228. The van der Waals surface area contributed by atoms with Crippen LogP contribution in [0.15, 0.2) is 0 Å². The third-order valence-corrected chi connectivity index (χ3v) is 5.13. The number of hydrogen-bond acceptors (Lipinski definition) is 5. The predicted octanol–water partition coefficient (Wildman–Crippen LogP) is 2.23. The van der Waals surface area contributed by atoms with Gasteiger partial charge in [0.05, 0.1) is 6.54 Å². The van der Waals surface area contributed by atoms with Crippen molar-refractivity contribution in [2.75, 3.05) is 13.1 Å². The molecule has 1 amide bonds. The van der Waals surface area contributed by atoms with Crippen LogP contribution in [0.1, 0.15) is 56.5 Å². The minimum absolute atomic E-state index is 0.0228. The molecule has 6 heteroatoms. The van der Waals surface area contributed by atoms with Crippen molar-refractivity contribution in [1.82, 2.24) is 20.8 Å². The molecule has 0 atom stereocenters. The topological polar surface area (TPSA) is 66.9 Å². The van der Waals surface area contributed by atoms with E-state index in [0.29, 0.717) is 18.9 Å². The summed E-state index contributed by atoms with van der Waals surface area (Å²) in [7, 11) is 0. The monoisotopic (exact) mass is 310 g/mol. The van der Waals surface area contributed by atoms with E-state index in [2.05, 4.69) is 41.6 Å². The Morgan fingerprint density at radius 1 is 1.33 bits per heavy atom. The third kappa shape index (κ3) is 5.36. The lowest BCUT2D eigenvalue weighted by Gasteiger charge is -2.22. The molecule has 2 rings (SSSR count). The first-order chi connectivity index (χ1) is 9.95. The van der Waals surface area contributed by atoms with E-state index in [1.165, 1.54) is 12.8 Å². The summed E-state index contributed by atoms with van der Waals surface area (Å²) in [6.45, 7) is 9.04. The number of carbonyl (C=O) groups is 1. The lowest BCUT2D eigenvalue weighted by Crippen LogP contribution is -2.29. The number of rotatable bonds is 5. The first-order valence-electron chi connectivity index (χ1n) is 7.75. The number of piperidine rings is 1. The van der Waals surface area contributed by atoms with Gasteiger partial charge in [-0.25, -0.2) is 0 Å². The smallest absolute Gasteiger partial charge is 0.220 e. The minimum Gasteiger partial charge on any atom is -0.350 e. The molecule has 2 heterocycles. The molecule has 0 spiro atoms. The molecule has 21 heavy (non-hydrogen) atoms. The summed E-state index contributed by atoms with van der Waals surface area (Å²) in [5, 5.41) is 16.6. The Hall–Kier alpha value is -1.01. The number of nitrogens with zero attached hydrogens (tertiary/aromatic N) is 2. The van der Waals surface area contributed by atoms with Crippen molar-refractivity contribution in [2.45, 2.75) is 58.4 Å². The van der Waals surface area contributed by atoms with Crippen LogP contribution >= 0.6 is 11.3 Å². The van der Waals surface area contributed by atoms with E-state index in [1.807, 2.05) is 0 Å². The fourth-order valence-electron chi connectivity index (χ4n) is 2.40. The molecule has 0 bridgehead atoms. The van der Waals surface area contributed by atoms with Gasteiger partial charge in [-0.2, -0.15) is 0 Å². The first kappa shape index (κ1) is 16.4. The summed E-state index contributed by atoms with van der Waals surface area (Å²) in [5.74, 6) is 0.826. The second-order valence-corrected chi connectivity index (χ2v) is 7.82. The van der Waals surface area contributed by atoms with Crippen LogP contribution in [0.2, 0.25) is 0 Å². The highest BCUT2D eigenvalue weighted by Crippen LogP contribution is 2.25. The van der Waals surface area contributed by atoms with Crippen LogP contribution in [0.5, 0.6) is 0 Å². The Morgan fingerprint density at radius 3 is 2.67 bits per heavy atom. The number of amides is 1. The van der Waals surface area contributed by atoms with Crippen molar-refractivity contribution in [3.8, 4) is 0 Å². The lowest BCUT2D eigenvalue weighted by molar-refractivity contribution is -0.121. The van der Waals surface area contributed by atoms with Crippen LogP contribution in [-0.4, -0.2) is 29.2 Å². The van der Waals surface area contributed by atoms with E-state index >= 15 is 0 Å². The van der Waals surface area contributed by atoms with Gasteiger partial charge in [0.1, 0.15) is 10.0 Å². The summed E-state index contributed by atoms with van der Waals surface area (Å²) in [6, 6.07) is 0. The van der Waals surface area contributed by atoms with Gasteiger partial charge in [0.25, 0.3) is 0 Å². The van der Waals surface area contributed by atoms with E-state index in [9.17, 15) is 4.79 Å². The van der Waals surface area contributed by atoms with Crippen molar-refractivity contribution in [2.24, 2.45) is 5.92 Å². The van der Waals surface area contributed by atoms with Crippen LogP contribution < -0.4 is 10.6 Å². The zero-order chi connectivity index (χ0) is 15.3. The Bertz CT molecular complexity index is 460. The average molecular weight is 310 g/mol. The van der Waals surface area contributed by atoms with Crippen LogP contribution in [0.3, 0.4) is 0 Å². The van der Waals surface area contributed by atoms with E-state index in [-0.39, 0.29) is 11.3 Å². The van der Waals surface area contributed by atoms with Crippen molar-refractivity contribution >= 4 is 17.2 Å². The number of hydrogen-bond donors (Lipinski definition) is 2. The van der Waals surface area contributed by atoms with Crippen molar-refractivity contribution in [3.63, 3.8) is 0 Å². The third-order valence-electron chi connectivity index (χ3n) is 3.78. The van der Waals surface area contributed by atoms with Crippen LogP contribution in [-0.2, 0) is 16.8 Å². The Labute approximate surface area is 130 Å². The van der Waals surface area contributed by atoms with Gasteiger partial charge in [0.2, 0.25) is 5.91 Å². The van der Waals surface area contributed by atoms with Gasteiger partial charge in [-0.15, -0.1) is 10.2 Å². The van der Waals surface area contributed by atoms with Gasteiger partial charge >= 0.3 is 0 Å². The molecule has 1 fully saturated rings. The molecule has 1 aromatic rings. The molecule has 118 valence electrons. The maximum absolute atomic E-state index is 11.9. The van der Waals surface area contributed by atoms with E-state index in [1.54, 1.807) is 11.3 Å². The summed E-state index contributed by atoms with van der Waals surface area (Å²) in [4.78, 5) is 11.9. The summed E-state index contributed by atoms with van der Waals surface area (Å²) in [6.07, 6.45) is 4.00. The van der Waals surface area contributed by atoms with Gasteiger partial charge in [-0.1, -0.05) is 32.1 Å². The van der Waals surface area contributed by atoms with E-state index in [0.717, 1.165) is 29.5 Å². The van der Waals surface area contributed by atoms with Crippen LogP contribution in [0, 0.1) is 5.92 Å². The predicted molar refractivity (Wildman–Crippen MR) is 85.3 cm³/mol. The Morgan fingerprint density at radius 2 is 2.05 bits per heavy atom. The van der Waals surface area contributed by atoms with Crippen molar-refractivity contribution in [1.29, 1.82) is 0 Å². The second-order valence-electron chi connectivity index (χ2n) is 6.76. The number of nitrogens with one attached hydrogen (secondary N) is 2. The molecule has 5 nitrogen and oxygen atoms in total. The first-order valence-corrected chi connectivity index (χ1v) is 8.57. The normalized spacial score (nSPS) is 16.9. The Kier molecular flexibility index (Phi) is 5.70. The molecule has 1 aromatic heterocycles. The van der Waals surface area contributed by atoms with Gasteiger partial charge < -0.3 is 10.6 Å². The van der Waals surface area contributed by atoms with E-state index in [4.69, 9.17) is 0 Å². The Balaban J connectivity index is 1.70. The van der Waals surface area contributed by atoms with Crippen LogP contribution in [0.4, 0.5) is 0 Å². The molecule has 0 unspecified atom stereocenters. The largest absolute Gasteiger partial charge is 0.350 e. The molecular formula is C15H26N4OS. The van der Waals surface area contributed by atoms with Gasteiger partial charge in [0.15, 0.2) is 0 Å². The zero-order valence-electron chi connectivity index (χ0n) is 13.2. The summed E-state index contributed by atoms with van der Waals surface area (Å²) in [5.41, 5.74) is 0.0228. The molecule has 1 aliphatic rings. The molecule has 0 saturated carbocycles. The summed E-state index contributed by atoms with van der Waals surface area (Å²) >= 11 is 1.58. The highest BCUT2D eigenvalue weighted by atomic mass is 32.1. The maximum atomic E-state index is 11.9. The van der Waals surface area contributed by atoms with Crippen LogP contribution in [0.25, 0.3) is 0 Å². The molecule has 2 N–H and O–H groups in total. The standard InChI is InChI=1S/C15H26N4OS/c1-15(2,3)14-19-18-13(21-14)10-17-12(20)5-4-11-6-8-16-9-7-11/h11,16H,4-10H2,1-3H3,(H,17,20). The fourth-order valence-corrected chi connectivity index (χ4v) is 3.23. The molecular weight excluding hydrogens is 284 g/mol. The van der Waals surface area contributed by atoms with Crippen molar-refractivity contribution in [3.05, 3.63) is 10.0 Å². The second kappa shape index (κ2) is 7.31. The molecule has 0 aliphatic carbocycles. The number of carbonyl (C=O) groups excluding carboxylic acids is 1. The van der Waals surface area contributed by atoms with E-state index < -0.39 is 0 Å². The molecule has 0 radical (unpaired) electrons. The fraction of sp³-hybridized carbons (Fsp3) is 0.800. The molecule has 1 saturated heterocycles. The molecule has 0 aromatic carbocycles. The van der Waals surface area contributed by atoms with Crippen molar-refractivity contribution < 1.29 is 4.79 Å². The van der Waals surface area contributed by atoms with Gasteiger partial charge in [0, 0.05) is 11.8 Å². The number of aromatic nitrogens is 2. The SMILES string of the molecule is CC(C)(C)c1nnc(CNC(=O)CCC2CCNCC2)s1. The quantitative estimate of drug-likeness (QED) is 0.875. The van der Waals surface area contributed by atoms with Gasteiger partial charge in [-0.05, 0) is 38.3 Å². The average Bonchev–Trinajstić information content (AvgIpc) is 2.93. The van der Waals surface area contributed by atoms with Gasteiger partial charge in [-0.3, -0.25) is 4.79 Å². The maximum Gasteiger partial charge on any atom is 0.220 e.